The minimum absolute atomic E-state index is 0.0996. The van der Waals surface area contributed by atoms with Gasteiger partial charge in [0.05, 0.1) is 5.69 Å². The maximum Gasteiger partial charge on any atom is 0.267 e. The number of carbonyl (C=O) groups is 1. The molecule has 0 radical (unpaired) electrons. The first-order valence-corrected chi connectivity index (χ1v) is 6.78. The highest BCUT2D eigenvalue weighted by Crippen LogP contribution is 2.21. The fourth-order valence-corrected chi connectivity index (χ4v) is 1.82. The number of halogens is 1. The van der Waals surface area contributed by atoms with Gasteiger partial charge in [-0.1, -0.05) is 30.3 Å². The Balaban J connectivity index is 2.01. The number of anilines is 1. The number of hydrogen-bond acceptors (Lipinski definition) is 4. The molecule has 0 bridgehead atoms. The predicted molar refractivity (Wildman–Crippen MR) is 83.7 cm³/mol. The van der Waals surface area contributed by atoms with Gasteiger partial charge in [0.2, 0.25) is 0 Å². The molecule has 0 unspecified atom stereocenters. The van der Waals surface area contributed by atoms with Crippen LogP contribution in [0.25, 0.3) is 0 Å². The van der Waals surface area contributed by atoms with Gasteiger partial charge < -0.3 is 15.7 Å². The van der Waals surface area contributed by atoms with E-state index in [1.807, 2.05) is 0 Å². The molecule has 0 fully saturated rings. The van der Waals surface area contributed by atoms with Crippen molar-refractivity contribution in [3.63, 3.8) is 0 Å². The minimum Gasteiger partial charge on any atom is -0.506 e. The van der Waals surface area contributed by atoms with Crippen LogP contribution in [-0.4, -0.2) is 11.0 Å². The summed E-state index contributed by atoms with van der Waals surface area (Å²) in [6, 6.07) is 14.1. The third-order valence-electron chi connectivity index (χ3n) is 3.01. The van der Waals surface area contributed by atoms with E-state index in [1.54, 1.807) is 36.4 Å². The molecule has 6 heteroatoms. The van der Waals surface area contributed by atoms with Crippen LogP contribution in [0.15, 0.2) is 60.3 Å². The Morgan fingerprint density at radius 3 is 2.61 bits per heavy atom. The molecular formula is C17H14FN3O2. The number of carbonyl (C=O) groups excluding carboxylic acids is 1. The van der Waals surface area contributed by atoms with E-state index in [4.69, 9.17) is 5.26 Å². The summed E-state index contributed by atoms with van der Waals surface area (Å²) in [7, 11) is 0. The summed E-state index contributed by atoms with van der Waals surface area (Å²) in [5, 5.41) is 23.8. The van der Waals surface area contributed by atoms with Crippen molar-refractivity contribution in [1.82, 2.24) is 5.32 Å². The highest BCUT2D eigenvalue weighted by atomic mass is 19.1. The van der Waals surface area contributed by atoms with Crippen LogP contribution in [0, 0.1) is 17.1 Å². The van der Waals surface area contributed by atoms with Gasteiger partial charge in [0.15, 0.2) is 0 Å². The SMILES string of the molecule is N#C/C(=C/NCc1ccccc1F)C(=O)Nc1ccccc1O. The maximum absolute atomic E-state index is 13.5. The minimum atomic E-state index is -0.671. The fraction of sp³-hybridized carbons (Fsp3) is 0.0588. The van der Waals surface area contributed by atoms with Gasteiger partial charge in [-0.3, -0.25) is 4.79 Å². The number of nitriles is 1. The zero-order valence-electron chi connectivity index (χ0n) is 12.1. The first-order chi connectivity index (χ1) is 11.1. The number of rotatable bonds is 5. The number of para-hydroxylation sites is 2. The molecule has 0 atom stereocenters. The van der Waals surface area contributed by atoms with Crippen molar-refractivity contribution in [2.45, 2.75) is 6.54 Å². The van der Waals surface area contributed by atoms with Crippen molar-refractivity contribution >= 4 is 11.6 Å². The number of nitrogens with zero attached hydrogens (tertiary/aromatic N) is 1. The van der Waals surface area contributed by atoms with E-state index in [9.17, 15) is 14.3 Å². The lowest BCUT2D eigenvalue weighted by Crippen LogP contribution is -2.17. The van der Waals surface area contributed by atoms with E-state index in [1.165, 1.54) is 24.4 Å². The van der Waals surface area contributed by atoms with Crippen molar-refractivity contribution in [2.24, 2.45) is 0 Å². The number of amides is 1. The van der Waals surface area contributed by atoms with Crippen LogP contribution in [0.3, 0.4) is 0 Å². The quantitative estimate of drug-likeness (QED) is 0.450. The first kappa shape index (κ1) is 16.0. The van der Waals surface area contributed by atoms with E-state index in [0.717, 1.165) is 0 Å². The van der Waals surface area contributed by atoms with Gasteiger partial charge in [-0.2, -0.15) is 5.26 Å². The second-order valence-corrected chi connectivity index (χ2v) is 4.61. The second-order valence-electron chi connectivity index (χ2n) is 4.61. The van der Waals surface area contributed by atoms with Crippen molar-refractivity contribution in [1.29, 1.82) is 5.26 Å². The van der Waals surface area contributed by atoms with Crippen molar-refractivity contribution in [2.75, 3.05) is 5.32 Å². The standard InChI is InChI=1S/C17H14FN3O2/c18-14-6-2-1-5-12(14)10-20-11-13(9-19)17(23)21-15-7-3-4-8-16(15)22/h1-8,11,20,22H,10H2,(H,21,23)/b13-11-. The van der Waals surface area contributed by atoms with Crippen LogP contribution in [0.4, 0.5) is 10.1 Å². The Hall–Kier alpha value is -3.33. The molecular weight excluding hydrogens is 297 g/mol. The Kier molecular flexibility index (Phi) is 5.31. The number of hydrogen-bond donors (Lipinski definition) is 3. The summed E-state index contributed by atoms with van der Waals surface area (Å²) in [5.41, 5.74) is 0.430. The molecule has 0 heterocycles. The van der Waals surface area contributed by atoms with Crippen LogP contribution in [0.2, 0.25) is 0 Å². The molecule has 116 valence electrons. The highest BCUT2D eigenvalue weighted by Gasteiger charge is 2.11. The first-order valence-electron chi connectivity index (χ1n) is 6.78. The predicted octanol–water partition coefficient (Wildman–Crippen LogP) is 2.67. The van der Waals surface area contributed by atoms with Crippen LogP contribution in [-0.2, 0) is 11.3 Å². The molecule has 2 rings (SSSR count). The summed E-state index contributed by atoms with van der Waals surface area (Å²) >= 11 is 0. The van der Waals surface area contributed by atoms with E-state index in [2.05, 4.69) is 10.6 Å². The lowest BCUT2D eigenvalue weighted by atomic mass is 10.2. The summed E-state index contributed by atoms with van der Waals surface area (Å²) in [5.74, 6) is -1.14. The van der Waals surface area contributed by atoms with E-state index in [0.29, 0.717) is 5.56 Å². The molecule has 2 aromatic rings. The van der Waals surface area contributed by atoms with Gasteiger partial charge in [-0.05, 0) is 18.2 Å². The molecule has 23 heavy (non-hydrogen) atoms. The molecule has 0 aliphatic carbocycles. The average molecular weight is 311 g/mol. The normalized spacial score (nSPS) is 10.7. The Morgan fingerprint density at radius 2 is 1.91 bits per heavy atom. The van der Waals surface area contributed by atoms with Crippen LogP contribution in [0.1, 0.15) is 5.56 Å². The van der Waals surface area contributed by atoms with E-state index >= 15 is 0 Å². The van der Waals surface area contributed by atoms with E-state index < -0.39 is 5.91 Å². The van der Waals surface area contributed by atoms with Crippen LogP contribution >= 0.6 is 0 Å². The van der Waals surface area contributed by atoms with Gasteiger partial charge in [0, 0.05) is 18.3 Å². The zero-order valence-corrected chi connectivity index (χ0v) is 12.1. The van der Waals surface area contributed by atoms with Crippen LogP contribution in [0.5, 0.6) is 5.75 Å². The third-order valence-corrected chi connectivity index (χ3v) is 3.01. The molecule has 0 aromatic heterocycles. The van der Waals surface area contributed by atoms with Crippen molar-refractivity contribution in [3.05, 3.63) is 71.7 Å². The monoisotopic (exact) mass is 311 g/mol. The highest BCUT2D eigenvalue weighted by molar-refractivity contribution is 6.07. The molecule has 0 saturated heterocycles. The van der Waals surface area contributed by atoms with E-state index in [-0.39, 0.29) is 29.4 Å². The van der Waals surface area contributed by atoms with Gasteiger partial charge >= 0.3 is 0 Å². The lowest BCUT2D eigenvalue weighted by Gasteiger charge is -2.07. The van der Waals surface area contributed by atoms with Gasteiger partial charge in [-0.15, -0.1) is 0 Å². The third kappa shape index (κ3) is 4.32. The molecule has 2 aromatic carbocycles. The fourth-order valence-electron chi connectivity index (χ4n) is 1.82. The van der Waals surface area contributed by atoms with Gasteiger partial charge in [-0.25, -0.2) is 4.39 Å². The lowest BCUT2D eigenvalue weighted by molar-refractivity contribution is -0.112. The Morgan fingerprint density at radius 1 is 1.22 bits per heavy atom. The van der Waals surface area contributed by atoms with Crippen molar-refractivity contribution in [3.8, 4) is 11.8 Å². The summed E-state index contributed by atoms with van der Waals surface area (Å²) < 4.78 is 13.5. The summed E-state index contributed by atoms with van der Waals surface area (Å²) in [6.45, 7) is 0.141. The van der Waals surface area contributed by atoms with Crippen molar-refractivity contribution < 1.29 is 14.3 Å². The number of nitrogens with one attached hydrogen (secondary N) is 2. The Labute approximate surface area is 132 Å². The molecule has 0 aliphatic heterocycles. The van der Waals surface area contributed by atoms with Gasteiger partial charge in [0.1, 0.15) is 23.2 Å². The second kappa shape index (κ2) is 7.61. The zero-order chi connectivity index (χ0) is 16.7. The number of benzene rings is 2. The number of aromatic hydroxyl groups is 1. The van der Waals surface area contributed by atoms with Crippen LogP contribution < -0.4 is 10.6 Å². The molecule has 0 aliphatic rings. The van der Waals surface area contributed by atoms with Gasteiger partial charge in [0.25, 0.3) is 5.91 Å². The molecule has 1 amide bonds. The largest absolute Gasteiger partial charge is 0.506 e. The summed E-state index contributed by atoms with van der Waals surface area (Å²) in [6.07, 6.45) is 1.21. The summed E-state index contributed by atoms with van der Waals surface area (Å²) in [4.78, 5) is 12.0. The Bertz CT molecular complexity index is 781. The maximum atomic E-state index is 13.5. The molecule has 5 nitrogen and oxygen atoms in total. The number of phenols is 1. The molecule has 0 saturated carbocycles. The smallest absolute Gasteiger partial charge is 0.267 e. The number of phenolic OH excluding ortho intramolecular Hbond substituents is 1. The molecule has 0 spiro atoms. The average Bonchev–Trinajstić information content (AvgIpc) is 2.55. The topological polar surface area (TPSA) is 85.2 Å². The molecule has 3 N–H and O–H groups in total.